The molecule has 0 saturated heterocycles. The molecule has 0 radical (unpaired) electrons. The van der Waals surface area contributed by atoms with Crippen molar-refractivity contribution in [2.75, 3.05) is 6.61 Å². The average Bonchev–Trinajstić information content (AvgIpc) is 2.22. The Hall–Kier alpha value is -1.04. The molecular formula is C12H21NO2. The number of rotatable bonds is 10. The number of Topliss-reactive ketones (excluding diaryl/α,β-unsaturated/α-hetero) is 1. The van der Waals surface area contributed by atoms with Crippen LogP contribution in [-0.2, 0) is 9.53 Å². The quantitative estimate of drug-likeness (QED) is 0.412. The fourth-order valence-corrected chi connectivity index (χ4v) is 1.48. The van der Waals surface area contributed by atoms with Crippen LogP contribution >= 0.6 is 0 Å². The first-order valence-corrected chi connectivity index (χ1v) is 5.83. The number of hydrogen-bond donors (Lipinski definition) is 0. The molecule has 0 heterocycles. The molecule has 0 amide bonds. The van der Waals surface area contributed by atoms with Gasteiger partial charge in [-0.2, -0.15) is 5.26 Å². The normalized spacial score (nSPS) is 9.60. The number of carbonyl (C=O) groups excluding carboxylic acids is 1. The van der Waals surface area contributed by atoms with Crippen molar-refractivity contribution in [1.82, 2.24) is 0 Å². The lowest BCUT2D eigenvalue weighted by Gasteiger charge is -2.00. The van der Waals surface area contributed by atoms with Gasteiger partial charge in [0.25, 0.3) is 6.26 Å². The first-order chi connectivity index (χ1) is 7.31. The summed E-state index contributed by atoms with van der Waals surface area (Å²) in [5, 5.41) is 8.11. The summed E-state index contributed by atoms with van der Waals surface area (Å²) in [5.74, 6) is 0.394. The third-order valence-electron chi connectivity index (χ3n) is 2.30. The molecule has 0 aromatic carbocycles. The zero-order chi connectivity index (χ0) is 11.4. The summed E-state index contributed by atoms with van der Waals surface area (Å²) in [4.78, 5) is 11.2. The lowest BCUT2D eigenvalue weighted by atomic mass is 10.1. The van der Waals surface area contributed by atoms with Gasteiger partial charge >= 0.3 is 0 Å². The van der Waals surface area contributed by atoms with Crippen LogP contribution in [0.4, 0.5) is 0 Å². The third kappa shape index (κ3) is 10.9. The van der Waals surface area contributed by atoms with Crippen LogP contribution in [0, 0.1) is 11.5 Å². The second-order valence-electron chi connectivity index (χ2n) is 3.75. The summed E-state index contributed by atoms with van der Waals surface area (Å²) < 4.78 is 4.56. The molecule has 0 rings (SSSR count). The van der Waals surface area contributed by atoms with Crippen LogP contribution in [0.25, 0.3) is 0 Å². The van der Waals surface area contributed by atoms with Crippen LogP contribution in [0.5, 0.6) is 0 Å². The Morgan fingerprint density at radius 2 is 1.80 bits per heavy atom. The van der Waals surface area contributed by atoms with Gasteiger partial charge < -0.3 is 4.74 Å². The Morgan fingerprint density at radius 3 is 2.47 bits per heavy atom. The molecule has 0 atom stereocenters. The molecule has 0 aliphatic rings. The molecule has 15 heavy (non-hydrogen) atoms. The van der Waals surface area contributed by atoms with Gasteiger partial charge in [0.15, 0.2) is 0 Å². The Bertz CT molecular complexity index is 196. The predicted octanol–water partition coefficient (Wildman–Crippen LogP) is 3.19. The molecule has 0 unspecified atom stereocenters. The smallest absolute Gasteiger partial charge is 0.286 e. The molecule has 0 aromatic heterocycles. The highest BCUT2D eigenvalue weighted by atomic mass is 16.5. The van der Waals surface area contributed by atoms with E-state index in [1.807, 2.05) is 6.92 Å². The fraction of sp³-hybridized carbons (Fsp3) is 0.833. The van der Waals surface area contributed by atoms with Crippen LogP contribution in [-0.4, -0.2) is 12.4 Å². The van der Waals surface area contributed by atoms with Crippen molar-refractivity contribution in [3.63, 3.8) is 0 Å². The van der Waals surface area contributed by atoms with Crippen LogP contribution in [0.2, 0.25) is 0 Å². The Labute approximate surface area is 92.4 Å². The standard InChI is InChI=1S/C12H21NO2/c1-2-8-12(14)9-6-4-3-5-7-10-15-11-13/h2-10H2,1H3. The minimum atomic E-state index is 0.394. The number of ether oxygens (including phenoxy) is 1. The van der Waals surface area contributed by atoms with E-state index in [1.165, 1.54) is 0 Å². The maximum absolute atomic E-state index is 11.2. The van der Waals surface area contributed by atoms with E-state index in [1.54, 1.807) is 6.26 Å². The van der Waals surface area contributed by atoms with Gasteiger partial charge in [-0.1, -0.05) is 26.2 Å². The average molecular weight is 211 g/mol. The van der Waals surface area contributed by atoms with Gasteiger partial charge in [0.2, 0.25) is 0 Å². The van der Waals surface area contributed by atoms with E-state index in [4.69, 9.17) is 5.26 Å². The molecule has 0 aliphatic carbocycles. The third-order valence-corrected chi connectivity index (χ3v) is 2.30. The Morgan fingerprint density at radius 1 is 1.13 bits per heavy atom. The van der Waals surface area contributed by atoms with Crippen molar-refractivity contribution < 1.29 is 9.53 Å². The lowest BCUT2D eigenvalue weighted by molar-refractivity contribution is -0.119. The van der Waals surface area contributed by atoms with Crippen LogP contribution in [0.1, 0.15) is 58.3 Å². The largest absolute Gasteiger partial charge is 0.428 e. The maximum atomic E-state index is 11.2. The molecule has 3 nitrogen and oxygen atoms in total. The van der Waals surface area contributed by atoms with E-state index in [2.05, 4.69) is 4.74 Å². The zero-order valence-corrected chi connectivity index (χ0v) is 9.63. The summed E-state index contributed by atoms with van der Waals surface area (Å²) in [6, 6.07) is 0. The highest BCUT2D eigenvalue weighted by Gasteiger charge is 1.99. The van der Waals surface area contributed by atoms with E-state index in [0.717, 1.165) is 51.4 Å². The summed E-state index contributed by atoms with van der Waals surface area (Å²) in [6.07, 6.45) is 9.37. The molecular weight excluding hydrogens is 190 g/mol. The van der Waals surface area contributed by atoms with E-state index in [0.29, 0.717) is 12.4 Å². The van der Waals surface area contributed by atoms with Crippen LogP contribution in [0.3, 0.4) is 0 Å². The minimum Gasteiger partial charge on any atom is -0.428 e. The first kappa shape index (κ1) is 14.0. The number of hydrogen-bond acceptors (Lipinski definition) is 3. The number of carbonyl (C=O) groups is 1. The maximum Gasteiger partial charge on any atom is 0.286 e. The van der Waals surface area contributed by atoms with Crippen molar-refractivity contribution in [2.24, 2.45) is 0 Å². The van der Waals surface area contributed by atoms with Crippen molar-refractivity contribution in [1.29, 1.82) is 5.26 Å². The topological polar surface area (TPSA) is 50.1 Å². The van der Waals surface area contributed by atoms with Gasteiger partial charge in [0.05, 0.1) is 0 Å². The fourth-order valence-electron chi connectivity index (χ4n) is 1.48. The second-order valence-corrected chi connectivity index (χ2v) is 3.75. The summed E-state index contributed by atoms with van der Waals surface area (Å²) in [5.41, 5.74) is 0. The van der Waals surface area contributed by atoms with E-state index < -0.39 is 0 Å². The van der Waals surface area contributed by atoms with E-state index >= 15 is 0 Å². The molecule has 0 N–H and O–H groups in total. The van der Waals surface area contributed by atoms with Crippen molar-refractivity contribution in [2.45, 2.75) is 58.3 Å². The zero-order valence-electron chi connectivity index (χ0n) is 9.63. The van der Waals surface area contributed by atoms with Crippen LogP contribution < -0.4 is 0 Å². The number of nitrogens with zero attached hydrogens (tertiary/aromatic N) is 1. The molecule has 0 fully saturated rings. The van der Waals surface area contributed by atoms with Crippen molar-refractivity contribution >= 4 is 5.78 Å². The highest BCUT2D eigenvalue weighted by Crippen LogP contribution is 2.07. The van der Waals surface area contributed by atoms with Crippen molar-refractivity contribution in [3.8, 4) is 6.26 Å². The van der Waals surface area contributed by atoms with E-state index in [-0.39, 0.29) is 0 Å². The minimum absolute atomic E-state index is 0.394. The molecule has 0 aromatic rings. The number of nitriles is 1. The number of unbranched alkanes of at least 4 members (excludes halogenated alkanes) is 4. The van der Waals surface area contributed by atoms with Gasteiger partial charge in [-0.3, -0.25) is 4.79 Å². The van der Waals surface area contributed by atoms with Gasteiger partial charge in [-0.05, 0) is 19.3 Å². The Kier molecular flexibility index (Phi) is 10.3. The molecule has 0 bridgehead atoms. The van der Waals surface area contributed by atoms with Crippen LogP contribution in [0.15, 0.2) is 0 Å². The molecule has 86 valence electrons. The Balaban J connectivity index is 3.05. The second kappa shape index (κ2) is 11.0. The SMILES string of the molecule is CCCC(=O)CCCCCCCOC#N. The molecule has 0 spiro atoms. The molecule has 0 saturated carbocycles. The van der Waals surface area contributed by atoms with E-state index in [9.17, 15) is 4.79 Å². The lowest BCUT2D eigenvalue weighted by Crippen LogP contribution is -1.96. The number of ketones is 1. The van der Waals surface area contributed by atoms with Gasteiger partial charge in [0.1, 0.15) is 12.4 Å². The van der Waals surface area contributed by atoms with Gasteiger partial charge in [-0.25, -0.2) is 0 Å². The predicted molar refractivity (Wildman–Crippen MR) is 59.2 cm³/mol. The van der Waals surface area contributed by atoms with Crippen molar-refractivity contribution in [3.05, 3.63) is 0 Å². The summed E-state index contributed by atoms with van der Waals surface area (Å²) in [7, 11) is 0. The molecule has 0 aliphatic heterocycles. The first-order valence-electron chi connectivity index (χ1n) is 5.83. The van der Waals surface area contributed by atoms with Gasteiger partial charge in [-0.15, -0.1) is 0 Å². The van der Waals surface area contributed by atoms with Gasteiger partial charge in [0, 0.05) is 12.8 Å². The molecule has 3 heteroatoms. The summed E-state index contributed by atoms with van der Waals surface area (Å²) in [6.45, 7) is 2.57. The highest BCUT2D eigenvalue weighted by molar-refractivity contribution is 5.78. The monoisotopic (exact) mass is 211 g/mol. The summed E-state index contributed by atoms with van der Waals surface area (Å²) >= 11 is 0.